The van der Waals surface area contributed by atoms with E-state index in [-0.39, 0.29) is 30.7 Å². The minimum Gasteiger partial charge on any atom is -0.346 e. The summed E-state index contributed by atoms with van der Waals surface area (Å²) in [5.41, 5.74) is 6.06. The van der Waals surface area contributed by atoms with Gasteiger partial charge in [-0.3, -0.25) is 9.59 Å². The Morgan fingerprint density at radius 1 is 1.29 bits per heavy atom. The second-order valence-corrected chi connectivity index (χ2v) is 5.32. The summed E-state index contributed by atoms with van der Waals surface area (Å²) in [4.78, 5) is 25.0. The van der Waals surface area contributed by atoms with Gasteiger partial charge in [0.15, 0.2) is 0 Å². The second kappa shape index (κ2) is 7.17. The van der Waals surface area contributed by atoms with Crippen molar-refractivity contribution < 1.29 is 14.0 Å². The highest BCUT2D eigenvalue weighted by Crippen LogP contribution is 2.30. The van der Waals surface area contributed by atoms with Crippen LogP contribution in [0.5, 0.6) is 0 Å². The Morgan fingerprint density at radius 3 is 2.52 bits per heavy atom. The average Bonchev–Trinajstić information content (AvgIpc) is 3.30. The number of nitrogens with zero attached hydrogens (tertiary/aromatic N) is 1. The highest BCUT2D eigenvalue weighted by atomic mass is 19.1. The SMILES string of the molecule is NCC(=O)NCC(=O)N(Cc1ccc(F)cc1)CC1CC1. The maximum atomic E-state index is 12.9. The molecule has 0 radical (unpaired) electrons. The summed E-state index contributed by atoms with van der Waals surface area (Å²) < 4.78 is 12.9. The molecule has 1 aromatic rings. The Kier molecular flexibility index (Phi) is 5.27. The lowest BCUT2D eigenvalue weighted by molar-refractivity contribution is -0.133. The van der Waals surface area contributed by atoms with Crippen molar-refractivity contribution >= 4 is 11.8 Å². The van der Waals surface area contributed by atoms with Crippen molar-refractivity contribution in [2.24, 2.45) is 11.7 Å². The van der Waals surface area contributed by atoms with Crippen molar-refractivity contribution in [3.63, 3.8) is 0 Å². The van der Waals surface area contributed by atoms with E-state index in [0.29, 0.717) is 19.0 Å². The van der Waals surface area contributed by atoms with Crippen molar-refractivity contribution in [1.82, 2.24) is 10.2 Å². The zero-order valence-corrected chi connectivity index (χ0v) is 11.8. The normalized spacial score (nSPS) is 13.8. The molecule has 0 spiro atoms. The number of rotatable bonds is 7. The van der Waals surface area contributed by atoms with E-state index < -0.39 is 0 Å². The summed E-state index contributed by atoms with van der Waals surface area (Å²) in [6.07, 6.45) is 2.25. The molecule has 21 heavy (non-hydrogen) atoms. The zero-order chi connectivity index (χ0) is 15.2. The van der Waals surface area contributed by atoms with E-state index in [1.54, 1.807) is 17.0 Å². The smallest absolute Gasteiger partial charge is 0.242 e. The van der Waals surface area contributed by atoms with Crippen LogP contribution in [0.2, 0.25) is 0 Å². The highest BCUT2D eigenvalue weighted by Gasteiger charge is 2.26. The summed E-state index contributed by atoms with van der Waals surface area (Å²) in [5, 5.41) is 2.49. The summed E-state index contributed by atoms with van der Waals surface area (Å²) >= 11 is 0. The number of carbonyl (C=O) groups is 2. The predicted octanol–water partition coefficient (Wildman–Crippen LogP) is 0.639. The van der Waals surface area contributed by atoms with Crippen LogP contribution in [0.4, 0.5) is 4.39 Å². The number of nitrogens with two attached hydrogens (primary N) is 1. The first-order valence-corrected chi connectivity index (χ1v) is 7.07. The van der Waals surface area contributed by atoms with Crippen molar-refractivity contribution in [3.05, 3.63) is 35.6 Å². The monoisotopic (exact) mass is 293 g/mol. The number of benzene rings is 1. The van der Waals surface area contributed by atoms with Gasteiger partial charge in [0.25, 0.3) is 0 Å². The molecule has 5 nitrogen and oxygen atoms in total. The Balaban J connectivity index is 1.94. The Bertz CT molecular complexity index is 500. The van der Waals surface area contributed by atoms with Gasteiger partial charge in [-0.2, -0.15) is 0 Å². The maximum absolute atomic E-state index is 12.9. The molecule has 0 unspecified atom stereocenters. The molecule has 0 aromatic heterocycles. The summed E-state index contributed by atoms with van der Waals surface area (Å²) in [7, 11) is 0. The number of hydrogen-bond acceptors (Lipinski definition) is 3. The Labute approximate surface area is 123 Å². The van der Waals surface area contributed by atoms with Gasteiger partial charge in [0.2, 0.25) is 11.8 Å². The summed E-state index contributed by atoms with van der Waals surface area (Å²) in [5.74, 6) is -0.252. The van der Waals surface area contributed by atoms with Crippen LogP contribution in [-0.2, 0) is 16.1 Å². The third-order valence-electron chi connectivity index (χ3n) is 3.44. The van der Waals surface area contributed by atoms with E-state index in [1.165, 1.54) is 12.1 Å². The Hall–Kier alpha value is -1.95. The number of nitrogens with one attached hydrogen (secondary N) is 1. The maximum Gasteiger partial charge on any atom is 0.242 e. The van der Waals surface area contributed by atoms with Crippen LogP contribution in [0.25, 0.3) is 0 Å². The van der Waals surface area contributed by atoms with Gasteiger partial charge >= 0.3 is 0 Å². The van der Waals surface area contributed by atoms with E-state index in [1.807, 2.05) is 0 Å². The van der Waals surface area contributed by atoms with Crippen LogP contribution in [-0.4, -0.2) is 36.3 Å². The van der Waals surface area contributed by atoms with Gasteiger partial charge in [-0.1, -0.05) is 12.1 Å². The lowest BCUT2D eigenvalue weighted by atomic mass is 10.2. The van der Waals surface area contributed by atoms with Crippen LogP contribution < -0.4 is 11.1 Å². The first-order chi connectivity index (χ1) is 10.1. The number of hydrogen-bond donors (Lipinski definition) is 2. The van der Waals surface area contributed by atoms with Gasteiger partial charge in [-0.05, 0) is 36.5 Å². The molecule has 0 aliphatic heterocycles. The molecule has 0 saturated heterocycles. The fourth-order valence-corrected chi connectivity index (χ4v) is 2.04. The standard InChI is InChI=1S/C15H20FN3O2/c16-13-5-3-12(4-6-13)10-19(9-11-1-2-11)15(21)8-18-14(20)7-17/h3-6,11H,1-2,7-10,17H2,(H,18,20). The molecule has 3 N–H and O–H groups in total. The quantitative estimate of drug-likeness (QED) is 0.774. The van der Waals surface area contributed by atoms with E-state index in [2.05, 4.69) is 5.32 Å². The fourth-order valence-electron chi connectivity index (χ4n) is 2.04. The molecule has 1 aliphatic carbocycles. The molecule has 1 saturated carbocycles. The van der Waals surface area contributed by atoms with Gasteiger partial charge in [-0.15, -0.1) is 0 Å². The van der Waals surface area contributed by atoms with Crippen molar-refractivity contribution in [2.45, 2.75) is 19.4 Å². The topological polar surface area (TPSA) is 75.4 Å². The molecule has 114 valence electrons. The van der Waals surface area contributed by atoms with E-state index >= 15 is 0 Å². The van der Waals surface area contributed by atoms with Gasteiger partial charge in [0.05, 0.1) is 13.1 Å². The lowest BCUT2D eigenvalue weighted by Crippen LogP contribution is -2.42. The summed E-state index contributed by atoms with van der Waals surface area (Å²) in [6, 6.07) is 6.10. The zero-order valence-electron chi connectivity index (χ0n) is 11.8. The third-order valence-corrected chi connectivity index (χ3v) is 3.44. The molecular weight excluding hydrogens is 273 g/mol. The van der Waals surface area contributed by atoms with Crippen molar-refractivity contribution in [2.75, 3.05) is 19.6 Å². The molecule has 1 aromatic carbocycles. The molecule has 2 rings (SSSR count). The minimum atomic E-state index is -0.350. The van der Waals surface area contributed by atoms with Gasteiger partial charge in [0.1, 0.15) is 5.82 Å². The number of amides is 2. The van der Waals surface area contributed by atoms with Gasteiger partial charge in [-0.25, -0.2) is 4.39 Å². The molecule has 0 atom stereocenters. The van der Waals surface area contributed by atoms with Crippen LogP contribution in [0.1, 0.15) is 18.4 Å². The van der Waals surface area contributed by atoms with Crippen LogP contribution in [0, 0.1) is 11.7 Å². The van der Waals surface area contributed by atoms with Gasteiger partial charge in [0, 0.05) is 13.1 Å². The summed E-state index contributed by atoms with van der Waals surface area (Å²) in [6.45, 7) is 0.917. The van der Waals surface area contributed by atoms with Crippen molar-refractivity contribution in [3.8, 4) is 0 Å². The largest absolute Gasteiger partial charge is 0.346 e. The first kappa shape index (κ1) is 15.4. The average molecular weight is 293 g/mol. The van der Waals surface area contributed by atoms with Gasteiger partial charge < -0.3 is 16.0 Å². The highest BCUT2D eigenvalue weighted by molar-refractivity contribution is 5.85. The minimum absolute atomic E-state index is 0.0516. The molecule has 2 amide bonds. The van der Waals surface area contributed by atoms with Crippen LogP contribution in [0.3, 0.4) is 0 Å². The molecule has 0 bridgehead atoms. The fraction of sp³-hybridized carbons (Fsp3) is 0.467. The molecule has 1 aliphatic rings. The van der Waals surface area contributed by atoms with E-state index in [0.717, 1.165) is 18.4 Å². The lowest BCUT2D eigenvalue weighted by Gasteiger charge is -2.23. The molecule has 0 heterocycles. The van der Waals surface area contributed by atoms with E-state index in [9.17, 15) is 14.0 Å². The first-order valence-electron chi connectivity index (χ1n) is 7.07. The number of halogens is 1. The van der Waals surface area contributed by atoms with Crippen LogP contribution >= 0.6 is 0 Å². The molecular formula is C15H20FN3O2. The third kappa shape index (κ3) is 5.15. The second-order valence-electron chi connectivity index (χ2n) is 5.32. The molecule has 1 fully saturated rings. The van der Waals surface area contributed by atoms with Crippen molar-refractivity contribution in [1.29, 1.82) is 0 Å². The molecule has 6 heteroatoms. The number of carbonyl (C=O) groups excluding carboxylic acids is 2. The predicted molar refractivity (Wildman–Crippen MR) is 76.6 cm³/mol. The van der Waals surface area contributed by atoms with Crippen LogP contribution in [0.15, 0.2) is 24.3 Å². The van der Waals surface area contributed by atoms with E-state index in [4.69, 9.17) is 5.73 Å². The Morgan fingerprint density at radius 2 is 1.95 bits per heavy atom.